The predicted molar refractivity (Wildman–Crippen MR) is 82.0 cm³/mol. The fourth-order valence-electron chi connectivity index (χ4n) is 2.73. The van der Waals surface area contributed by atoms with E-state index in [4.69, 9.17) is 0 Å². The van der Waals surface area contributed by atoms with Crippen molar-refractivity contribution in [3.8, 4) is 0 Å². The zero-order valence-corrected chi connectivity index (χ0v) is 13.7. The Hall–Kier alpha value is -0.430. The molecule has 0 saturated heterocycles. The van der Waals surface area contributed by atoms with E-state index in [0.717, 1.165) is 30.2 Å². The Labute approximate surface area is 129 Å². The lowest BCUT2D eigenvalue weighted by Crippen LogP contribution is -2.43. The van der Waals surface area contributed by atoms with Gasteiger partial charge in [-0.25, -0.2) is 8.42 Å². The van der Waals surface area contributed by atoms with Crippen LogP contribution in [0.4, 0.5) is 0 Å². The molecule has 0 aromatic heterocycles. The van der Waals surface area contributed by atoms with Crippen molar-refractivity contribution in [2.24, 2.45) is 0 Å². The Kier molecular flexibility index (Phi) is 5.60. The molecule has 112 valence electrons. The van der Waals surface area contributed by atoms with Crippen LogP contribution in [-0.4, -0.2) is 37.0 Å². The Balaban J connectivity index is 2.31. The van der Waals surface area contributed by atoms with E-state index in [1.807, 2.05) is 0 Å². The van der Waals surface area contributed by atoms with Crippen molar-refractivity contribution < 1.29 is 13.5 Å². The third kappa shape index (κ3) is 3.61. The summed E-state index contributed by atoms with van der Waals surface area (Å²) in [7, 11) is -3.54. The third-order valence-electron chi connectivity index (χ3n) is 3.71. The number of sulfonamides is 1. The van der Waals surface area contributed by atoms with Gasteiger partial charge >= 0.3 is 0 Å². The molecule has 1 aliphatic carbocycles. The lowest BCUT2D eigenvalue weighted by molar-refractivity contribution is 0.199. The van der Waals surface area contributed by atoms with Gasteiger partial charge in [-0.3, -0.25) is 0 Å². The highest BCUT2D eigenvalue weighted by atomic mass is 79.9. The van der Waals surface area contributed by atoms with Crippen LogP contribution in [0.3, 0.4) is 0 Å². The van der Waals surface area contributed by atoms with Crippen LogP contribution >= 0.6 is 15.9 Å². The fourth-order valence-corrected chi connectivity index (χ4v) is 5.00. The monoisotopic (exact) mass is 361 g/mol. The highest BCUT2D eigenvalue weighted by molar-refractivity contribution is 9.10. The van der Waals surface area contributed by atoms with Crippen molar-refractivity contribution in [2.75, 3.05) is 13.2 Å². The van der Waals surface area contributed by atoms with Crippen LogP contribution in [0.1, 0.15) is 32.1 Å². The van der Waals surface area contributed by atoms with E-state index in [-0.39, 0.29) is 24.1 Å². The van der Waals surface area contributed by atoms with Gasteiger partial charge in [0.25, 0.3) is 0 Å². The third-order valence-corrected chi connectivity index (χ3v) is 6.15. The maximum atomic E-state index is 12.8. The fraction of sp³-hybridized carbons (Fsp3) is 0.571. The van der Waals surface area contributed by atoms with Gasteiger partial charge < -0.3 is 5.11 Å². The standard InChI is InChI=1S/C14H20BrNO3S/c15-12-5-4-8-14(11-12)20(18,19)16(9-10-17)13-6-2-1-3-7-13/h4-5,8,11,13,17H,1-3,6-7,9-10H2. The topological polar surface area (TPSA) is 57.6 Å². The van der Waals surface area contributed by atoms with Crippen LogP contribution in [0.5, 0.6) is 0 Å². The van der Waals surface area contributed by atoms with Crippen LogP contribution in [-0.2, 0) is 10.0 Å². The first kappa shape index (κ1) is 15.9. The van der Waals surface area contributed by atoms with Crippen LogP contribution in [0.2, 0.25) is 0 Å². The molecule has 1 aliphatic rings. The molecule has 0 amide bonds. The highest BCUT2D eigenvalue weighted by Gasteiger charge is 2.31. The molecule has 20 heavy (non-hydrogen) atoms. The van der Waals surface area contributed by atoms with Crippen molar-refractivity contribution >= 4 is 26.0 Å². The quantitative estimate of drug-likeness (QED) is 0.876. The normalized spacial score (nSPS) is 17.6. The van der Waals surface area contributed by atoms with E-state index in [0.29, 0.717) is 0 Å². The molecule has 1 aromatic rings. The summed E-state index contributed by atoms with van der Waals surface area (Å²) in [5.74, 6) is 0. The molecular weight excluding hydrogens is 342 g/mol. The van der Waals surface area contributed by atoms with E-state index in [2.05, 4.69) is 15.9 Å². The van der Waals surface area contributed by atoms with Gasteiger partial charge in [0.05, 0.1) is 11.5 Å². The molecule has 6 heteroatoms. The molecule has 0 bridgehead atoms. The van der Waals surface area contributed by atoms with E-state index in [1.165, 1.54) is 10.7 Å². The minimum atomic E-state index is -3.54. The Morgan fingerprint density at radius 2 is 1.95 bits per heavy atom. The predicted octanol–water partition coefficient (Wildman–Crippen LogP) is 2.76. The Bertz CT molecular complexity index is 541. The summed E-state index contributed by atoms with van der Waals surface area (Å²) >= 11 is 3.31. The van der Waals surface area contributed by atoms with Crippen molar-refractivity contribution in [2.45, 2.75) is 43.0 Å². The van der Waals surface area contributed by atoms with Crippen LogP contribution in [0.25, 0.3) is 0 Å². The number of aliphatic hydroxyl groups is 1. The van der Waals surface area contributed by atoms with Crippen LogP contribution in [0, 0.1) is 0 Å². The first-order chi connectivity index (χ1) is 9.55. The summed E-state index contributed by atoms with van der Waals surface area (Å²) in [6, 6.07) is 6.75. The highest BCUT2D eigenvalue weighted by Crippen LogP contribution is 2.28. The molecule has 4 nitrogen and oxygen atoms in total. The summed E-state index contributed by atoms with van der Waals surface area (Å²) in [6.45, 7) is 0.0171. The lowest BCUT2D eigenvalue weighted by Gasteiger charge is -2.33. The molecule has 1 N–H and O–H groups in total. The van der Waals surface area contributed by atoms with E-state index >= 15 is 0 Å². The van der Waals surface area contributed by atoms with E-state index < -0.39 is 10.0 Å². The molecule has 0 heterocycles. The van der Waals surface area contributed by atoms with Gasteiger partial charge in [-0.05, 0) is 31.0 Å². The Morgan fingerprint density at radius 1 is 1.25 bits per heavy atom. The number of hydrogen-bond donors (Lipinski definition) is 1. The van der Waals surface area contributed by atoms with Crippen molar-refractivity contribution in [1.82, 2.24) is 4.31 Å². The van der Waals surface area contributed by atoms with Gasteiger partial charge in [-0.1, -0.05) is 41.3 Å². The van der Waals surface area contributed by atoms with Crippen molar-refractivity contribution in [3.63, 3.8) is 0 Å². The van der Waals surface area contributed by atoms with Crippen molar-refractivity contribution in [1.29, 1.82) is 0 Å². The zero-order chi connectivity index (χ0) is 14.6. The average Bonchev–Trinajstić information content (AvgIpc) is 2.45. The zero-order valence-electron chi connectivity index (χ0n) is 11.3. The first-order valence-electron chi connectivity index (χ1n) is 6.94. The lowest BCUT2D eigenvalue weighted by atomic mass is 9.95. The number of benzene rings is 1. The van der Waals surface area contributed by atoms with Gasteiger partial charge in [0.15, 0.2) is 0 Å². The minimum Gasteiger partial charge on any atom is -0.395 e. The molecule has 0 aliphatic heterocycles. The van der Waals surface area contributed by atoms with Gasteiger partial charge in [-0.2, -0.15) is 4.31 Å². The van der Waals surface area contributed by atoms with Crippen LogP contribution in [0.15, 0.2) is 33.6 Å². The summed E-state index contributed by atoms with van der Waals surface area (Å²) in [4.78, 5) is 0.283. The largest absolute Gasteiger partial charge is 0.395 e. The molecule has 1 aromatic carbocycles. The first-order valence-corrected chi connectivity index (χ1v) is 9.17. The van der Waals surface area contributed by atoms with Crippen LogP contribution < -0.4 is 0 Å². The molecular formula is C14H20BrNO3S. The second-order valence-electron chi connectivity index (χ2n) is 5.09. The number of nitrogens with zero attached hydrogens (tertiary/aromatic N) is 1. The van der Waals surface area contributed by atoms with Crippen molar-refractivity contribution in [3.05, 3.63) is 28.7 Å². The minimum absolute atomic E-state index is 0.0138. The second-order valence-corrected chi connectivity index (χ2v) is 7.89. The summed E-state index contributed by atoms with van der Waals surface area (Å²) in [6.07, 6.45) is 5.04. The molecule has 0 unspecified atom stereocenters. The maximum Gasteiger partial charge on any atom is 0.243 e. The average molecular weight is 362 g/mol. The SMILES string of the molecule is O=S(=O)(c1cccc(Br)c1)N(CCO)C1CCCCC1. The molecule has 0 spiro atoms. The summed E-state index contributed by atoms with van der Waals surface area (Å²) in [5, 5.41) is 9.22. The van der Waals surface area contributed by atoms with Gasteiger partial charge in [0, 0.05) is 17.1 Å². The molecule has 0 atom stereocenters. The Morgan fingerprint density at radius 3 is 2.55 bits per heavy atom. The van der Waals surface area contributed by atoms with Gasteiger partial charge in [-0.15, -0.1) is 0 Å². The van der Waals surface area contributed by atoms with E-state index in [9.17, 15) is 13.5 Å². The van der Waals surface area contributed by atoms with Gasteiger partial charge in [0.1, 0.15) is 0 Å². The molecule has 0 radical (unpaired) electrons. The molecule has 1 saturated carbocycles. The smallest absolute Gasteiger partial charge is 0.243 e. The number of hydrogen-bond acceptors (Lipinski definition) is 3. The van der Waals surface area contributed by atoms with E-state index in [1.54, 1.807) is 24.3 Å². The second kappa shape index (κ2) is 7.02. The maximum absolute atomic E-state index is 12.8. The van der Waals surface area contributed by atoms with Gasteiger partial charge in [0.2, 0.25) is 10.0 Å². The summed E-state index contributed by atoms with van der Waals surface area (Å²) < 4.78 is 27.8. The number of rotatable bonds is 5. The molecule has 2 rings (SSSR count). The number of halogens is 1. The molecule has 1 fully saturated rings. The summed E-state index contributed by atoms with van der Waals surface area (Å²) in [5.41, 5.74) is 0. The number of aliphatic hydroxyl groups excluding tert-OH is 1.